The first-order valence-corrected chi connectivity index (χ1v) is 10.3. The summed E-state index contributed by atoms with van der Waals surface area (Å²) in [5, 5.41) is 2.46. The van der Waals surface area contributed by atoms with Crippen LogP contribution < -0.4 is 11.1 Å². The van der Waals surface area contributed by atoms with Crippen molar-refractivity contribution in [3.05, 3.63) is 59.7 Å². The quantitative estimate of drug-likeness (QED) is 0.662. The number of ether oxygens (including phenoxy) is 2. The van der Waals surface area contributed by atoms with E-state index in [0.29, 0.717) is 0 Å². The van der Waals surface area contributed by atoms with Crippen molar-refractivity contribution in [2.45, 2.75) is 51.2 Å². The van der Waals surface area contributed by atoms with Crippen LogP contribution in [0.5, 0.6) is 0 Å². The topological polar surface area (TPSA) is 108 Å². The number of carbonyl (C=O) groups excluding carboxylic acids is 3. The van der Waals surface area contributed by atoms with Crippen molar-refractivity contribution in [3.8, 4) is 11.1 Å². The van der Waals surface area contributed by atoms with Crippen molar-refractivity contribution in [2.24, 2.45) is 5.73 Å². The maximum Gasteiger partial charge on any atom is 0.407 e. The van der Waals surface area contributed by atoms with Crippen LogP contribution in [-0.2, 0) is 19.1 Å². The highest BCUT2D eigenvalue weighted by atomic mass is 16.6. The van der Waals surface area contributed by atoms with Gasteiger partial charge in [-0.3, -0.25) is 9.59 Å². The second kappa shape index (κ2) is 9.20. The van der Waals surface area contributed by atoms with E-state index in [1.807, 2.05) is 48.5 Å². The molecule has 1 aliphatic carbocycles. The lowest BCUT2D eigenvalue weighted by Crippen LogP contribution is -2.45. The summed E-state index contributed by atoms with van der Waals surface area (Å²) in [7, 11) is 0. The van der Waals surface area contributed by atoms with Crippen LogP contribution >= 0.6 is 0 Å². The molecule has 1 atom stereocenters. The van der Waals surface area contributed by atoms with Gasteiger partial charge in [0.25, 0.3) is 0 Å². The zero-order valence-corrected chi connectivity index (χ0v) is 18.0. The van der Waals surface area contributed by atoms with E-state index >= 15 is 0 Å². The zero-order chi connectivity index (χ0) is 22.6. The number of benzene rings is 2. The zero-order valence-electron chi connectivity index (χ0n) is 18.0. The Morgan fingerprint density at radius 1 is 1.00 bits per heavy atom. The maximum absolute atomic E-state index is 12.4. The SMILES string of the molecule is CC(C)(C)OC(=O)CC[C@@H](NC(=O)OCC1c2ccccc2-c2ccccc21)C(N)=O. The molecule has 1 aliphatic rings. The number of nitrogens with two attached hydrogens (primary N) is 1. The van der Waals surface area contributed by atoms with E-state index in [1.165, 1.54) is 0 Å². The first kappa shape index (κ1) is 22.3. The van der Waals surface area contributed by atoms with E-state index in [9.17, 15) is 14.4 Å². The van der Waals surface area contributed by atoms with Gasteiger partial charge in [-0.25, -0.2) is 4.79 Å². The summed E-state index contributed by atoms with van der Waals surface area (Å²) in [5.41, 5.74) is 9.19. The van der Waals surface area contributed by atoms with Crippen molar-refractivity contribution < 1.29 is 23.9 Å². The highest BCUT2D eigenvalue weighted by Crippen LogP contribution is 2.44. The van der Waals surface area contributed by atoms with Gasteiger partial charge in [-0.15, -0.1) is 0 Å². The predicted octanol–water partition coefficient (Wildman–Crippen LogP) is 3.50. The number of hydrogen-bond donors (Lipinski definition) is 2. The number of esters is 1. The molecule has 31 heavy (non-hydrogen) atoms. The van der Waals surface area contributed by atoms with E-state index in [1.54, 1.807) is 20.8 Å². The Balaban J connectivity index is 1.59. The van der Waals surface area contributed by atoms with Gasteiger partial charge in [-0.05, 0) is 49.4 Å². The largest absolute Gasteiger partial charge is 0.460 e. The fourth-order valence-electron chi connectivity index (χ4n) is 3.72. The summed E-state index contributed by atoms with van der Waals surface area (Å²) >= 11 is 0. The van der Waals surface area contributed by atoms with Crippen LogP contribution in [0.1, 0.15) is 50.7 Å². The fourth-order valence-corrected chi connectivity index (χ4v) is 3.72. The molecule has 3 N–H and O–H groups in total. The lowest BCUT2D eigenvalue weighted by atomic mass is 9.98. The van der Waals surface area contributed by atoms with Crippen LogP contribution in [0, 0.1) is 0 Å². The molecule has 164 valence electrons. The number of carbonyl (C=O) groups is 3. The summed E-state index contributed by atoms with van der Waals surface area (Å²) in [5.74, 6) is -1.29. The second-order valence-corrected chi connectivity index (χ2v) is 8.55. The number of rotatable bonds is 7. The van der Waals surface area contributed by atoms with Gasteiger partial charge in [-0.1, -0.05) is 48.5 Å². The van der Waals surface area contributed by atoms with Crippen LogP contribution in [0.15, 0.2) is 48.5 Å². The molecule has 7 heteroatoms. The Morgan fingerprint density at radius 3 is 2.06 bits per heavy atom. The van der Waals surface area contributed by atoms with Crippen molar-refractivity contribution in [1.29, 1.82) is 0 Å². The van der Waals surface area contributed by atoms with Crippen molar-refractivity contribution in [3.63, 3.8) is 0 Å². The molecule has 0 radical (unpaired) electrons. The van der Waals surface area contributed by atoms with Gasteiger partial charge in [0, 0.05) is 12.3 Å². The van der Waals surface area contributed by atoms with Gasteiger partial charge < -0.3 is 20.5 Å². The van der Waals surface area contributed by atoms with Gasteiger partial charge in [0.15, 0.2) is 0 Å². The minimum atomic E-state index is -1.02. The maximum atomic E-state index is 12.4. The molecule has 2 aromatic carbocycles. The van der Waals surface area contributed by atoms with Gasteiger partial charge >= 0.3 is 12.1 Å². The van der Waals surface area contributed by atoms with Gasteiger partial charge in [-0.2, -0.15) is 0 Å². The van der Waals surface area contributed by atoms with E-state index in [0.717, 1.165) is 22.3 Å². The molecule has 7 nitrogen and oxygen atoms in total. The lowest BCUT2D eigenvalue weighted by molar-refractivity contribution is -0.155. The molecule has 0 heterocycles. The van der Waals surface area contributed by atoms with E-state index in [-0.39, 0.29) is 25.4 Å². The molecule has 0 fully saturated rings. The molecule has 0 aliphatic heterocycles. The highest BCUT2D eigenvalue weighted by molar-refractivity contribution is 5.85. The monoisotopic (exact) mass is 424 g/mol. The standard InChI is InChI=1S/C24H28N2O5/c1-24(2,3)31-21(27)13-12-20(22(25)28)26-23(29)30-14-19-17-10-6-4-8-15(17)16-9-5-7-11-18(16)19/h4-11,19-20H,12-14H2,1-3H3,(H2,25,28)(H,26,29)/t20-/m1/s1. The molecule has 2 aromatic rings. The first-order chi connectivity index (χ1) is 14.7. The molecular formula is C24H28N2O5. The van der Waals surface area contributed by atoms with E-state index in [2.05, 4.69) is 5.32 Å². The third-order valence-electron chi connectivity index (χ3n) is 5.04. The molecular weight excluding hydrogens is 396 g/mol. The van der Waals surface area contributed by atoms with Crippen LogP contribution in [-0.4, -0.2) is 36.2 Å². The Morgan fingerprint density at radius 2 is 1.55 bits per heavy atom. The minimum absolute atomic E-state index is 0.0362. The number of fused-ring (bicyclic) bond motifs is 3. The highest BCUT2D eigenvalue weighted by Gasteiger charge is 2.29. The Labute approximate surface area is 181 Å². The van der Waals surface area contributed by atoms with Crippen LogP contribution in [0.2, 0.25) is 0 Å². The predicted molar refractivity (Wildman–Crippen MR) is 116 cm³/mol. The van der Waals surface area contributed by atoms with E-state index < -0.39 is 29.6 Å². The number of nitrogens with one attached hydrogen (secondary N) is 1. The third-order valence-corrected chi connectivity index (χ3v) is 5.04. The molecule has 2 amide bonds. The van der Waals surface area contributed by atoms with Crippen molar-refractivity contribution in [2.75, 3.05) is 6.61 Å². The molecule has 3 rings (SSSR count). The number of primary amides is 1. The van der Waals surface area contributed by atoms with E-state index in [4.69, 9.17) is 15.2 Å². The summed E-state index contributed by atoms with van der Waals surface area (Å²) in [6.07, 6.45) is -0.766. The lowest BCUT2D eigenvalue weighted by Gasteiger charge is -2.21. The molecule has 0 unspecified atom stereocenters. The van der Waals surface area contributed by atoms with Crippen LogP contribution in [0.4, 0.5) is 4.79 Å². The van der Waals surface area contributed by atoms with Gasteiger partial charge in [0.05, 0.1) is 0 Å². The molecule has 0 bridgehead atoms. The Hall–Kier alpha value is -3.35. The summed E-state index contributed by atoms with van der Waals surface area (Å²) < 4.78 is 10.7. The summed E-state index contributed by atoms with van der Waals surface area (Å²) in [6.45, 7) is 5.39. The van der Waals surface area contributed by atoms with Crippen molar-refractivity contribution >= 4 is 18.0 Å². The molecule has 0 saturated carbocycles. The number of alkyl carbamates (subject to hydrolysis) is 1. The number of hydrogen-bond acceptors (Lipinski definition) is 5. The number of amides is 2. The summed E-state index contributed by atoms with van der Waals surface area (Å²) in [6, 6.07) is 15.0. The molecule has 0 aromatic heterocycles. The normalized spacial score (nSPS) is 13.6. The average molecular weight is 424 g/mol. The smallest absolute Gasteiger partial charge is 0.407 e. The Kier molecular flexibility index (Phi) is 6.63. The summed E-state index contributed by atoms with van der Waals surface area (Å²) in [4.78, 5) is 36.0. The van der Waals surface area contributed by atoms with Gasteiger partial charge in [0.2, 0.25) is 5.91 Å². The minimum Gasteiger partial charge on any atom is -0.460 e. The first-order valence-electron chi connectivity index (χ1n) is 10.3. The average Bonchev–Trinajstić information content (AvgIpc) is 3.02. The molecule has 0 spiro atoms. The second-order valence-electron chi connectivity index (χ2n) is 8.55. The van der Waals surface area contributed by atoms with Gasteiger partial charge in [0.1, 0.15) is 18.2 Å². The third kappa shape index (κ3) is 5.63. The van der Waals surface area contributed by atoms with Crippen molar-refractivity contribution in [1.82, 2.24) is 5.32 Å². The Bertz CT molecular complexity index is 934. The van der Waals surface area contributed by atoms with Crippen LogP contribution in [0.3, 0.4) is 0 Å². The van der Waals surface area contributed by atoms with Crippen LogP contribution in [0.25, 0.3) is 11.1 Å². The molecule has 0 saturated heterocycles. The fraction of sp³-hybridized carbons (Fsp3) is 0.375.